The molecule has 5 rings (SSSR count). The fourth-order valence-electron chi connectivity index (χ4n) is 4.84. The van der Waals surface area contributed by atoms with E-state index >= 15 is 0 Å². The van der Waals surface area contributed by atoms with Gasteiger partial charge in [-0.2, -0.15) is 0 Å². The lowest BCUT2D eigenvalue weighted by Crippen LogP contribution is -2.47. The van der Waals surface area contributed by atoms with Gasteiger partial charge >= 0.3 is 5.97 Å². The lowest BCUT2D eigenvalue weighted by molar-refractivity contribution is -0.171. The van der Waals surface area contributed by atoms with Crippen molar-refractivity contribution < 1.29 is 14.3 Å². The maximum absolute atomic E-state index is 13.5. The minimum absolute atomic E-state index is 0.0645. The van der Waals surface area contributed by atoms with Crippen LogP contribution in [0.2, 0.25) is 0 Å². The zero-order chi connectivity index (χ0) is 24.8. The Morgan fingerprint density at radius 3 is 2.06 bits per heavy atom. The fraction of sp³-hybridized carbons (Fsp3) is 0.188. The summed E-state index contributed by atoms with van der Waals surface area (Å²) in [6, 6.07) is 38.1. The summed E-state index contributed by atoms with van der Waals surface area (Å²) in [6.45, 7) is 0. The number of hydrogen-bond donors (Lipinski definition) is 0. The zero-order valence-electron chi connectivity index (χ0n) is 20.0. The van der Waals surface area contributed by atoms with Gasteiger partial charge in [0, 0.05) is 5.75 Å². The molecule has 4 heteroatoms. The molecule has 3 nitrogen and oxygen atoms in total. The van der Waals surface area contributed by atoms with Crippen LogP contribution in [0.5, 0.6) is 0 Å². The predicted molar refractivity (Wildman–Crippen MR) is 146 cm³/mol. The first-order chi connectivity index (χ1) is 17.6. The number of ketones is 1. The van der Waals surface area contributed by atoms with Gasteiger partial charge in [0.05, 0.1) is 6.42 Å². The maximum atomic E-state index is 13.5. The number of carbonyl (C=O) groups is 2. The van der Waals surface area contributed by atoms with Gasteiger partial charge in [0.25, 0.3) is 0 Å². The molecule has 1 heterocycles. The number of aryl methyl sites for hydroxylation is 1. The molecule has 0 aromatic heterocycles. The van der Waals surface area contributed by atoms with Crippen molar-refractivity contribution in [1.29, 1.82) is 0 Å². The van der Waals surface area contributed by atoms with Crippen LogP contribution in [-0.4, -0.2) is 17.0 Å². The predicted octanol–water partition coefficient (Wildman–Crippen LogP) is 7.00. The number of Topliss-reactive ketones (excluding diaryl/α,β-unsaturated/α-hetero) is 1. The second-order valence-electron chi connectivity index (χ2n) is 9.12. The van der Waals surface area contributed by atoms with Gasteiger partial charge in [-0.1, -0.05) is 115 Å². The highest BCUT2D eigenvalue weighted by Crippen LogP contribution is 2.41. The molecule has 4 aromatic rings. The second kappa shape index (κ2) is 11.0. The van der Waals surface area contributed by atoms with Crippen LogP contribution in [0.4, 0.5) is 0 Å². The summed E-state index contributed by atoms with van der Waals surface area (Å²) in [5.74, 6) is 0.0505. The van der Waals surface area contributed by atoms with Crippen LogP contribution in [0, 0.1) is 0 Å². The third-order valence-corrected chi connectivity index (χ3v) is 8.00. The van der Waals surface area contributed by atoms with Gasteiger partial charge in [0.1, 0.15) is 5.60 Å². The topological polar surface area (TPSA) is 43.4 Å². The Morgan fingerprint density at radius 1 is 0.750 bits per heavy atom. The van der Waals surface area contributed by atoms with E-state index in [0.29, 0.717) is 12.2 Å². The van der Waals surface area contributed by atoms with Gasteiger partial charge in [-0.05, 0) is 40.7 Å². The number of rotatable bonds is 8. The maximum Gasteiger partial charge on any atom is 0.327 e. The smallest absolute Gasteiger partial charge is 0.327 e. The third-order valence-electron chi connectivity index (χ3n) is 6.73. The molecule has 1 aliphatic rings. The van der Waals surface area contributed by atoms with Crippen molar-refractivity contribution in [3.05, 3.63) is 132 Å². The Hall–Kier alpha value is -3.63. The van der Waals surface area contributed by atoms with Gasteiger partial charge in [-0.3, -0.25) is 9.59 Å². The molecule has 0 N–H and O–H groups in total. The molecule has 1 saturated heterocycles. The third kappa shape index (κ3) is 5.29. The van der Waals surface area contributed by atoms with Gasteiger partial charge in [0.2, 0.25) is 0 Å². The summed E-state index contributed by atoms with van der Waals surface area (Å²) >= 11 is 1.36. The summed E-state index contributed by atoms with van der Waals surface area (Å²) < 4.78 is 6.19. The van der Waals surface area contributed by atoms with Crippen molar-refractivity contribution in [2.24, 2.45) is 0 Å². The number of thioether (sulfide) groups is 1. The van der Waals surface area contributed by atoms with E-state index in [1.165, 1.54) is 11.8 Å². The molecule has 4 aromatic carbocycles. The molecule has 0 bridgehead atoms. The highest BCUT2D eigenvalue weighted by molar-refractivity contribution is 8.00. The van der Waals surface area contributed by atoms with Gasteiger partial charge in [-0.25, -0.2) is 0 Å². The van der Waals surface area contributed by atoms with E-state index in [1.54, 1.807) is 0 Å². The van der Waals surface area contributed by atoms with E-state index in [4.69, 9.17) is 4.74 Å². The van der Waals surface area contributed by atoms with Crippen molar-refractivity contribution in [2.75, 3.05) is 0 Å². The van der Waals surface area contributed by atoms with E-state index in [1.807, 2.05) is 78.9 Å². The van der Waals surface area contributed by atoms with E-state index in [-0.39, 0.29) is 12.2 Å². The number of benzene rings is 4. The van der Waals surface area contributed by atoms with Crippen molar-refractivity contribution >= 4 is 23.5 Å². The average Bonchev–Trinajstić information content (AvgIpc) is 2.93. The van der Waals surface area contributed by atoms with Crippen molar-refractivity contribution in [2.45, 2.75) is 35.9 Å². The van der Waals surface area contributed by atoms with Gasteiger partial charge in [0.15, 0.2) is 11.0 Å². The molecule has 36 heavy (non-hydrogen) atoms. The molecule has 0 radical (unpaired) electrons. The van der Waals surface area contributed by atoms with E-state index < -0.39 is 16.8 Å². The molecule has 2 atom stereocenters. The SMILES string of the molecule is O=C1CC(CCc2ccccc2)(c2ccccc2)OC(=O)C1SCc1ccccc1-c1ccccc1. The van der Waals surface area contributed by atoms with Crippen molar-refractivity contribution in [1.82, 2.24) is 0 Å². The Balaban J connectivity index is 1.34. The van der Waals surface area contributed by atoms with Crippen LogP contribution in [-0.2, 0) is 32.1 Å². The minimum Gasteiger partial charge on any atom is -0.453 e. The highest BCUT2D eigenvalue weighted by atomic mass is 32.2. The number of carbonyl (C=O) groups excluding carboxylic acids is 2. The summed E-state index contributed by atoms with van der Waals surface area (Å²) in [6.07, 6.45) is 1.47. The van der Waals surface area contributed by atoms with Crippen molar-refractivity contribution in [3.8, 4) is 11.1 Å². The Labute approximate surface area is 216 Å². The number of cyclic esters (lactones) is 1. The molecule has 0 spiro atoms. The summed E-state index contributed by atoms with van der Waals surface area (Å²) in [5, 5.41) is -0.817. The molecule has 0 saturated carbocycles. The van der Waals surface area contributed by atoms with Gasteiger partial charge < -0.3 is 4.74 Å². The van der Waals surface area contributed by atoms with Crippen LogP contribution < -0.4 is 0 Å². The lowest BCUT2D eigenvalue weighted by Gasteiger charge is -2.39. The molecule has 0 aliphatic carbocycles. The van der Waals surface area contributed by atoms with Crippen LogP contribution in [0.15, 0.2) is 115 Å². The van der Waals surface area contributed by atoms with E-state index in [0.717, 1.165) is 34.2 Å². The van der Waals surface area contributed by atoms with Crippen LogP contribution >= 0.6 is 11.8 Å². The normalized spacial score (nSPS) is 19.6. The summed E-state index contributed by atoms with van der Waals surface area (Å²) in [4.78, 5) is 26.8. The quantitative estimate of drug-likeness (QED) is 0.196. The monoisotopic (exact) mass is 492 g/mol. The van der Waals surface area contributed by atoms with E-state index in [2.05, 4.69) is 36.4 Å². The Kier molecular flexibility index (Phi) is 7.33. The number of esters is 1. The average molecular weight is 493 g/mol. The highest BCUT2D eigenvalue weighted by Gasteiger charge is 2.48. The first-order valence-electron chi connectivity index (χ1n) is 12.2. The Bertz CT molecular complexity index is 1300. The molecular weight excluding hydrogens is 464 g/mol. The van der Waals surface area contributed by atoms with Gasteiger partial charge in [-0.15, -0.1) is 11.8 Å². The van der Waals surface area contributed by atoms with Crippen molar-refractivity contribution in [3.63, 3.8) is 0 Å². The number of hydrogen-bond acceptors (Lipinski definition) is 4. The minimum atomic E-state index is -0.940. The molecule has 2 unspecified atom stereocenters. The molecule has 1 aliphatic heterocycles. The lowest BCUT2D eigenvalue weighted by atomic mass is 9.81. The zero-order valence-corrected chi connectivity index (χ0v) is 20.8. The van der Waals surface area contributed by atoms with Crippen LogP contribution in [0.3, 0.4) is 0 Å². The Morgan fingerprint density at radius 2 is 1.36 bits per heavy atom. The molecular formula is C32H28O3S. The van der Waals surface area contributed by atoms with Crippen LogP contribution in [0.25, 0.3) is 11.1 Å². The van der Waals surface area contributed by atoms with E-state index in [9.17, 15) is 9.59 Å². The first-order valence-corrected chi connectivity index (χ1v) is 13.3. The fourth-order valence-corrected chi connectivity index (χ4v) is 5.90. The standard InChI is InChI=1S/C32H28O3S/c33-29-22-32(27-17-8-3-9-18-27,21-20-24-12-4-1-5-13-24)35-31(34)30(29)36-23-26-16-10-11-19-28(26)25-14-6-2-7-15-25/h1-19,30H,20-23H2. The molecule has 180 valence electrons. The summed E-state index contributed by atoms with van der Waals surface area (Å²) in [7, 11) is 0. The first kappa shape index (κ1) is 24.1. The number of ether oxygens (including phenoxy) is 1. The molecule has 0 amide bonds. The van der Waals surface area contributed by atoms with Crippen LogP contribution in [0.1, 0.15) is 29.5 Å². The summed E-state index contributed by atoms with van der Waals surface area (Å²) in [5.41, 5.74) is 4.42. The molecule has 1 fully saturated rings. The second-order valence-corrected chi connectivity index (χ2v) is 10.2. The largest absolute Gasteiger partial charge is 0.453 e.